The monoisotopic (exact) mass is 206 g/mol. The first kappa shape index (κ1) is 9.16. The zero-order valence-corrected chi connectivity index (χ0v) is 7.92. The van der Waals surface area contributed by atoms with Crippen LogP contribution in [0.25, 0.3) is 11.3 Å². The van der Waals surface area contributed by atoms with E-state index in [2.05, 4.69) is 11.1 Å². The van der Waals surface area contributed by atoms with E-state index < -0.39 is 0 Å². The predicted molar refractivity (Wildman–Crippen MR) is 53.5 cm³/mol. The van der Waals surface area contributed by atoms with Gasteiger partial charge in [0.25, 0.3) is 0 Å². The number of rotatable bonds is 1. The van der Waals surface area contributed by atoms with E-state index >= 15 is 0 Å². The molecule has 1 aromatic heterocycles. The minimum absolute atomic E-state index is 0.304. The van der Waals surface area contributed by atoms with E-state index in [9.17, 15) is 4.39 Å². The van der Waals surface area contributed by atoms with Gasteiger partial charge in [0.2, 0.25) is 0 Å². The van der Waals surface area contributed by atoms with Gasteiger partial charge < -0.3 is 0 Å². The van der Waals surface area contributed by atoms with Gasteiger partial charge in [0, 0.05) is 11.8 Å². The Kier molecular flexibility index (Phi) is 2.46. The van der Waals surface area contributed by atoms with Crippen LogP contribution in [0.1, 0.15) is 0 Å². The molecule has 2 rings (SSSR count). The topological polar surface area (TPSA) is 12.9 Å². The van der Waals surface area contributed by atoms with Gasteiger partial charge in [-0.1, -0.05) is 23.7 Å². The lowest BCUT2D eigenvalue weighted by molar-refractivity contribution is 0.630. The molecule has 0 bridgehead atoms. The molecular formula is C11H6ClFN. The molecule has 1 aromatic carbocycles. The maximum atomic E-state index is 13.3. The van der Waals surface area contributed by atoms with Crippen molar-refractivity contribution >= 4 is 11.6 Å². The Bertz CT molecular complexity index is 413. The summed E-state index contributed by atoms with van der Waals surface area (Å²) in [6, 6.07) is 10.7. The molecule has 69 valence electrons. The molecule has 2 aromatic rings. The molecule has 1 heterocycles. The molecule has 1 radical (unpaired) electrons. The van der Waals surface area contributed by atoms with Crippen LogP contribution in [0.15, 0.2) is 36.5 Å². The highest BCUT2D eigenvalue weighted by Crippen LogP contribution is 2.26. The van der Waals surface area contributed by atoms with Crippen molar-refractivity contribution in [1.29, 1.82) is 0 Å². The molecule has 0 saturated carbocycles. The van der Waals surface area contributed by atoms with Gasteiger partial charge in [-0.2, -0.15) is 0 Å². The van der Waals surface area contributed by atoms with Crippen molar-refractivity contribution in [3.63, 3.8) is 0 Å². The lowest BCUT2D eigenvalue weighted by Gasteiger charge is -2.02. The average Bonchev–Trinajstić information content (AvgIpc) is 2.20. The number of nitrogens with zero attached hydrogens (tertiary/aromatic N) is 1. The predicted octanol–water partition coefficient (Wildman–Crippen LogP) is 3.34. The van der Waals surface area contributed by atoms with Gasteiger partial charge in [0.05, 0.1) is 10.7 Å². The highest BCUT2D eigenvalue weighted by Gasteiger charge is 2.08. The summed E-state index contributed by atoms with van der Waals surface area (Å²) in [7, 11) is 0. The van der Waals surface area contributed by atoms with Crippen LogP contribution >= 0.6 is 11.6 Å². The first-order valence-corrected chi connectivity index (χ1v) is 4.44. The second-order valence-corrected chi connectivity index (χ2v) is 3.13. The van der Waals surface area contributed by atoms with Gasteiger partial charge in [0.1, 0.15) is 5.82 Å². The van der Waals surface area contributed by atoms with Crippen LogP contribution in [0, 0.1) is 11.9 Å². The highest BCUT2D eigenvalue weighted by molar-refractivity contribution is 6.33. The van der Waals surface area contributed by atoms with Crippen molar-refractivity contribution in [1.82, 2.24) is 4.98 Å². The minimum Gasteiger partial charge on any atom is -0.255 e. The third-order valence-corrected chi connectivity index (χ3v) is 2.11. The van der Waals surface area contributed by atoms with Crippen LogP contribution in [-0.4, -0.2) is 4.98 Å². The molecular weight excluding hydrogens is 201 g/mol. The summed E-state index contributed by atoms with van der Waals surface area (Å²) in [5.41, 5.74) is 0.727. The van der Waals surface area contributed by atoms with Crippen molar-refractivity contribution in [3.05, 3.63) is 53.4 Å². The third kappa shape index (κ3) is 1.61. The van der Waals surface area contributed by atoms with Crippen LogP contribution in [0.2, 0.25) is 5.02 Å². The Labute approximate surface area is 86.2 Å². The van der Waals surface area contributed by atoms with E-state index in [-0.39, 0.29) is 5.82 Å². The zero-order chi connectivity index (χ0) is 9.97. The van der Waals surface area contributed by atoms with Crippen LogP contribution in [0.4, 0.5) is 4.39 Å². The van der Waals surface area contributed by atoms with E-state index in [4.69, 9.17) is 11.6 Å². The first-order chi connectivity index (χ1) is 6.79. The smallest absolute Gasteiger partial charge is 0.133 e. The maximum absolute atomic E-state index is 13.3. The van der Waals surface area contributed by atoms with E-state index in [1.54, 1.807) is 30.5 Å². The number of hydrogen-bond donors (Lipinski definition) is 0. The van der Waals surface area contributed by atoms with Crippen molar-refractivity contribution < 1.29 is 4.39 Å². The number of hydrogen-bond acceptors (Lipinski definition) is 1. The molecule has 0 fully saturated rings. The van der Waals surface area contributed by atoms with Crippen molar-refractivity contribution in [2.45, 2.75) is 0 Å². The van der Waals surface area contributed by atoms with Gasteiger partial charge in [0.15, 0.2) is 0 Å². The molecule has 0 saturated heterocycles. The molecule has 0 aliphatic heterocycles. The molecule has 0 N–H and O–H groups in total. The summed E-state index contributed by atoms with van der Waals surface area (Å²) in [6.45, 7) is 0. The van der Waals surface area contributed by atoms with E-state index in [1.165, 1.54) is 6.07 Å². The fraction of sp³-hybridized carbons (Fsp3) is 0. The molecule has 0 atom stereocenters. The van der Waals surface area contributed by atoms with Crippen LogP contribution in [0.5, 0.6) is 0 Å². The number of aromatic nitrogens is 1. The van der Waals surface area contributed by atoms with Crippen molar-refractivity contribution in [2.24, 2.45) is 0 Å². The molecule has 0 unspecified atom stereocenters. The van der Waals surface area contributed by atoms with Gasteiger partial charge in [-0.15, -0.1) is 0 Å². The molecule has 0 amide bonds. The summed E-state index contributed by atoms with van der Waals surface area (Å²) in [4.78, 5) is 4.01. The van der Waals surface area contributed by atoms with Gasteiger partial charge >= 0.3 is 0 Å². The zero-order valence-electron chi connectivity index (χ0n) is 7.17. The molecule has 0 spiro atoms. The minimum atomic E-state index is -0.367. The Morgan fingerprint density at radius 3 is 2.86 bits per heavy atom. The summed E-state index contributed by atoms with van der Waals surface area (Å²) in [6.07, 6.45) is 1.57. The fourth-order valence-electron chi connectivity index (χ4n) is 1.17. The van der Waals surface area contributed by atoms with E-state index in [0.29, 0.717) is 16.3 Å². The SMILES string of the molecule is Fc1ccc[c]c1-c1ncccc1Cl. The second-order valence-electron chi connectivity index (χ2n) is 2.73. The highest BCUT2D eigenvalue weighted by atomic mass is 35.5. The third-order valence-electron chi connectivity index (χ3n) is 1.80. The summed E-state index contributed by atoms with van der Waals surface area (Å²) in [5, 5.41) is 0.425. The summed E-state index contributed by atoms with van der Waals surface area (Å²) in [5.74, 6) is -0.367. The first-order valence-electron chi connectivity index (χ1n) is 4.06. The fourth-order valence-corrected chi connectivity index (χ4v) is 1.38. The molecule has 3 heteroatoms. The van der Waals surface area contributed by atoms with E-state index in [0.717, 1.165) is 0 Å². The number of benzene rings is 1. The second kappa shape index (κ2) is 3.76. The Balaban J connectivity index is 2.61. The summed E-state index contributed by atoms with van der Waals surface area (Å²) < 4.78 is 13.3. The Hall–Kier alpha value is -1.41. The normalized spacial score (nSPS) is 10.1. The largest absolute Gasteiger partial charge is 0.255 e. The molecule has 1 nitrogen and oxygen atoms in total. The quantitative estimate of drug-likeness (QED) is 0.698. The lowest BCUT2D eigenvalue weighted by Crippen LogP contribution is -1.88. The summed E-state index contributed by atoms with van der Waals surface area (Å²) >= 11 is 5.88. The maximum Gasteiger partial charge on any atom is 0.133 e. The Morgan fingerprint density at radius 1 is 1.29 bits per heavy atom. The van der Waals surface area contributed by atoms with Crippen LogP contribution < -0.4 is 0 Å². The number of halogens is 2. The molecule has 0 aliphatic rings. The van der Waals surface area contributed by atoms with Crippen LogP contribution in [0.3, 0.4) is 0 Å². The molecule has 14 heavy (non-hydrogen) atoms. The Morgan fingerprint density at radius 2 is 2.14 bits per heavy atom. The van der Waals surface area contributed by atoms with Crippen molar-refractivity contribution in [3.8, 4) is 11.3 Å². The van der Waals surface area contributed by atoms with Crippen LogP contribution in [-0.2, 0) is 0 Å². The molecule has 0 aliphatic carbocycles. The number of pyridine rings is 1. The average molecular weight is 207 g/mol. The van der Waals surface area contributed by atoms with Crippen molar-refractivity contribution in [2.75, 3.05) is 0 Å². The van der Waals surface area contributed by atoms with Gasteiger partial charge in [-0.05, 0) is 24.3 Å². The van der Waals surface area contributed by atoms with Gasteiger partial charge in [-0.3, -0.25) is 4.98 Å². The standard InChI is InChI=1S/C11H6ClFN/c12-9-5-3-7-14-11(9)8-4-1-2-6-10(8)13/h1-3,5-7H. The van der Waals surface area contributed by atoms with E-state index in [1.807, 2.05) is 0 Å². The lowest BCUT2D eigenvalue weighted by atomic mass is 10.1. The van der Waals surface area contributed by atoms with Gasteiger partial charge in [-0.25, -0.2) is 4.39 Å².